The molecular formula is C9H14N2. The van der Waals surface area contributed by atoms with Crippen molar-refractivity contribution in [2.45, 2.75) is 26.8 Å². The fourth-order valence-corrected chi connectivity index (χ4v) is 0.547. The van der Waals surface area contributed by atoms with Crippen molar-refractivity contribution in [1.82, 2.24) is 0 Å². The van der Waals surface area contributed by atoms with Crippen LogP contribution in [0.1, 0.15) is 20.8 Å². The van der Waals surface area contributed by atoms with E-state index < -0.39 is 0 Å². The van der Waals surface area contributed by atoms with E-state index in [0.29, 0.717) is 5.57 Å². The van der Waals surface area contributed by atoms with Crippen LogP contribution in [0.15, 0.2) is 23.3 Å². The molecule has 11 heavy (non-hydrogen) atoms. The molecule has 0 aromatic rings. The zero-order chi connectivity index (χ0) is 8.85. The Morgan fingerprint density at radius 2 is 2.00 bits per heavy atom. The Balaban J connectivity index is 4.41. The topological polar surface area (TPSA) is 49.8 Å². The van der Waals surface area contributed by atoms with Crippen molar-refractivity contribution in [3.05, 3.63) is 23.3 Å². The zero-order valence-electron chi connectivity index (χ0n) is 7.26. The van der Waals surface area contributed by atoms with Gasteiger partial charge in [0.05, 0.1) is 6.07 Å². The van der Waals surface area contributed by atoms with E-state index in [1.807, 2.05) is 26.0 Å². The van der Waals surface area contributed by atoms with Gasteiger partial charge in [0.15, 0.2) is 0 Å². The fourth-order valence-electron chi connectivity index (χ4n) is 0.547. The highest BCUT2D eigenvalue weighted by molar-refractivity contribution is 5.30. The third-order valence-electron chi connectivity index (χ3n) is 1.22. The number of nitrogens with zero attached hydrogens (tertiary/aromatic N) is 1. The maximum atomic E-state index is 8.58. The molecule has 0 bridgehead atoms. The number of hydrogen-bond acceptors (Lipinski definition) is 2. The van der Waals surface area contributed by atoms with Crippen LogP contribution < -0.4 is 5.73 Å². The number of allylic oxidation sites excluding steroid dienone is 3. The molecule has 0 spiro atoms. The van der Waals surface area contributed by atoms with Crippen LogP contribution in [0.25, 0.3) is 0 Å². The highest BCUT2D eigenvalue weighted by Crippen LogP contribution is 1.99. The van der Waals surface area contributed by atoms with E-state index in [2.05, 4.69) is 0 Å². The molecule has 0 saturated heterocycles. The average molecular weight is 150 g/mol. The minimum atomic E-state index is -0.171. The van der Waals surface area contributed by atoms with Crippen LogP contribution in [0.4, 0.5) is 0 Å². The fraction of sp³-hybridized carbons (Fsp3) is 0.444. The molecule has 0 heterocycles. The molecule has 2 heteroatoms. The highest BCUT2D eigenvalue weighted by atomic mass is 14.6. The molecule has 2 N–H and O–H groups in total. The van der Waals surface area contributed by atoms with Crippen LogP contribution in [-0.4, -0.2) is 6.04 Å². The van der Waals surface area contributed by atoms with Crippen LogP contribution >= 0.6 is 0 Å². The minimum Gasteiger partial charge on any atom is -0.324 e. The first-order chi connectivity index (χ1) is 5.07. The molecule has 1 atom stereocenters. The zero-order valence-corrected chi connectivity index (χ0v) is 7.26. The molecule has 1 unspecified atom stereocenters. The Morgan fingerprint density at radius 1 is 1.45 bits per heavy atom. The molecule has 0 amide bonds. The summed E-state index contributed by atoms with van der Waals surface area (Å²) in [4.78, 5) is 0. The monoisotopic (exact) mass is 150 g/mol. The third kappa shape index (κ3) is 4.35. The SMILES string of the molecule is CC(C)=C/C=C(/C#N)C(C)N. The largest absolute Gasteiger partial charge is 0.324 e. The summed E-state index contributed by atoms with van der Waals surface area (Å²) < 4.78 is 0. The van der Waals surface area contributed by atoms with Crippen LogP contribution in [0, 0.1) is 11.3 Å². The van der Waals surface area contributed by atoms with Gasteiger partial charge in [0.2, 0.25) is 0 Å². The average Bonchev–Trinajstić information content (AvgIpc) is 1.87. The first-order valence-corrected chi connectivity index (χ1v) is 3.58. The Kier molecular flexibility index (Phi) is 4.24. The molecule has 0 aromatic carbocycles. The van der Waals surface area contributed by atoms with Crippen molar-refractivity contribution in [3.63, 3.8) is 0 Å². The molecule has 0 aromatic heterocycles. The smallest absolute Gasteiger partial charge is 0.0963 e. The van der Waals surface area contributed by atoms with Crippen molar-refractivity contribution in [3.8, 4) is 6.07 Å². The summed E-state index contributed by atoms with van der Waals surface area (Å²) >= 11 is 0. The predicted octanol–water partition coefficient (Wildman–Crippen LogP) is 1.75. The Labute approximate surface area is 68.0 Å². The third-order valence-corrected chi connectivity index (χ3v) is 1.22. The van der Waals surface area contributed by atoms with E-state index in [9.17, 15) is 0 Å². The molecule has 0 fully saturated rings. The summed E-state index contributed by atoms with van der Waals surface area (Å²) in [6, 6.07) is 1.88. The van der Waals surface area contributed by atoms with Crippen LogP contribution in [-0.2, 0) is 0 Å². The summed E-state index contributed by atoms with van der Waals surface area (Å²) in [5.41, 5.74) is 7.30. The maximum Gasteiger partial charge on any atom is 0.0963 e. The Hall–Kier alpha value is -1.07. The normalized spacial score (nSPS) is 13.5. The molecule has 0 aliphatic rings. The van der Waals surface area contributed by atoms with Crippen LogP contribution in [0.2, 0.25) is 0 Å². The number of nitrogens with two attached hydrogens (primary N) is 1. The quantitative estimate of drug-likeness (QED) is 0.481. The molecule has 0 radical (unpaired) electrons. The Bertz CT molecular complexity index is 212. The first-order valence-electron chi connectivity index (χ1n) is 3.58. The summed E-state index contributed by atoms with van der Waals surface area (Å²) in [6.07, 6.45) is 3.65. The van der Waals surface area contributed by atoms with Gasteiger partial charge in [-0.1, -0.05) is 11.6 Å². The maximum absolute atomic E-state index is 8.58. The molecule has 0 rings (SSSR count). The van der Waals surface area contributed by atoms with Gasteiger partial charge in [0.25, 0.3) is 0 Å². The molecule has 2 nitrogen and oxygen atoms in total. The van der Waals surface area contributed by atoms with Gasteiger partial charge in [-0.3, -0.25) is 0 Å². The lowest BCUT2D eigenvalue weighted by atomic mass is 10.1. The second-order valence-electron chi connectivity index (χ2n) is 2.77. The number of hydrogen-bond donors (Lipinski definition) is 1. The van der Waals surface area contributed by atoms with Crippen LogP contribution in [0.5, 0.6) is 0 Å². The standard InChI is InChI=1S/C9H14N2/c1-7(2)4-5-9(6-10)8(3)11/h4-5,8H,11H2,1-3H3/b9-5-. The van der Waals surface area contributed by atoms with E-state index in [1.165, 1.54) is 5.57 Å². The lowest BCUT2D eigenvalue weighted by Crippen LogP contribution is -2.16. The summed E-state index contributed by atoms with van der Waals surface area (Å²) in [7, 11) is 0. The molecule has 60 valence electrons. The number of nitriles is 1. The van der Waals surface area contributed by atoms with Crippen molar-refractivity contribution in [1.29, 1.82) is 5.26 Å². The molecule has 0 aliphatic carbocycles. The first kappa shape index (κ1) is 9.93. The van der Waals surface area contributed by atoms with Crippen molar-refractivity contribution in [2.75, 3.05) is 0 Å². The minimum absolute atomic E-state index is 0.171. The van der Waals surface area contributed by atoms with Gasteiger partial charge in [-0.2, -0.15) is 5.26 Å². The van der Waals surface area contributed by atoms with Gasteiger partial charge in [0, 0.05) is 11.6 Å². The molecule has 0 saturated carbocycles. The van der Waals surface area contributed by atoms with Crippen molar-refractivity contribution < 1.29 is 0 Å². The van der Waals surface area contributed by atoms with Crippen LogP contribution in [0.3, 0.4) is 0 Å². The lowest BCUT2D eigenvalue weighted by molar-refractivity contribution is 0.889. The van der Waals surface area contributed by atoms with Gasteiger partial charge < -0.3 is 5.73 Å². The van der Waals surface area contributed by atoms with E-state index in [4.69, 9.17) is 11.0 Å². The van der Waals surface area contributed by atoms with Gasteiger partial charge in [-0.15, -0.1) is 0 Å². The second kappa shape index (κ2) is 4.70. The molecule has 0 aliphatic heterocycles. The summed E-state index contributed by atoms with van der Waals surface area (Å²) in [6.45, 7) is 5.76. The lowest BCUT2D eigenvalue weighted by Gasteiger charge is -1.99. The van der Waals surface area contributed by atoms with Gasteiger partial charge in [-0.25, -0.2) is 0 Å². The summed E-state index contributed by atoms with van der Waals surface area (Å²) in [5.74, 6) is 0. The van der Waals surface area contributed by atoms with Gasteiger partial charge >= 0.3 is 0 Å². The van der Waals surface area contributed by atoms with E-state index in [1.54, 1.807) is 13.0 Å². The van der Waals surface area contributed by atoms with Crippen molar-refractivity contribution in [2.24, 2.45) is 5.73 Å². The van der Waals surface area contributed by atoms with Crippen molar-refractivity contribution >= 4 is 0 Å². The summed E-state index contributed by atoms with van der Waals surface area (Å²) in [5, 5.41) is 8.58. The predicted molar refractivity (Wildman–Crippen MR) is 46.8 cm³/mol. The number of rotatable bonds is 2. The van der Waals surface area contributed by atoms with Gasteiger partial charge in [-0.05, 0) is 26.8 Å². The highest BCUT2D eigenvalue weighted by Gasteiger charge is 1.98. The molecular weight excluding hydrogens is 136 g/mol. The Morgan fingerprint density at radius 3 is 2.27 bits per heavy atom. The van der Waals surface area contributed by atoms with E-state index >= 15 is 0 Å². The second-order valence-corrected chi connectivity index (χ2v) is 2.77. The van der Waals surface area contributed by atoms with E-state index in [-0.39, 0.29) is 6.04 Å². The van der Waals surface area contributed by atoms with Gasteiger partial charge in [0.1, 0.15) is 0 Å². The van der Waals surface area contributed by atoms with E-state index in [0.717, 1.165) is 0 Å².